The van der Waals surface area contributed by atoms with E-state index in [2.05, 4.69) is 12.2 Å². The van der Waals surface area contributed by atoms with E-state index in [1.807, 2.05) is 13.0 Å². The molecular weight excluding hydrogens is 230 g/mol. The molecule has 98 valence electrons. The van der Waals surface area contributed by atoms with E-state index >= 15 is 0 Å². The first-order valence-electron chi connectivity index (χ1n) is 6.33. The minimum Gasteiger partial charge on any atom is -0.489 e. The highest BCUT2D eigenvalue weighted by Gasteiger charge is 2.20. The number of fused-ring (bicyclic) bond motifs is 1. The van der Waals surface area contributed by atoms with E-state index in [9.17, 15) is 4.79 Å². The lowest BCUT2D eigenvalue weighted by Crippen LogP contribution is -2.27. The van der Waals surface area contributed by atoms with Gasteiger partial charge in [0, 0.05) is 18.2 Å². The van der Waals surface area contributed by atoms with Gasteiger partial charge in [0.05, 0.1) is 12.2 Å². The Labute approximate surface area is 107 Å². The van der Waals surface area contributed by atoms with Gasteiger partial charge in [0.25, 0.3) is 0 Å². The molecule has 1 aromatic rings. The molecular formula is C14H19NO3. The summed E-state index contributed by atoms with van der Waals surface area (Å²) in [6.07, 6.45) is 0.0890. The number of carbonyl (C=O) groups is 1. The summed E-state index contributed by atoms with van der Waals surface area (Å²) < 4.78 is 10.8. The summed E-state index contributed by atoms with van der Waals surface area (Å²) in [4.78, 5) is 11.7. The largest absolute Gasteiger partial charge is 0.489 e. The van der Waals surface area contributed by atoms with Gasteiger partial charge in [-0.15, -0.1) is 0 Å². The standard InChI is InChI=1S/C14H19NO3/c1-4-17-14(16)11-5-6-12-10(3)15-8-9(2)18-13(12)7-11/h5-7,9-10,15H,4,8H2,1-3H3. The van der Waals surface area contributed by atoms with Crippen molar-refractivity contribution in [3.63, 3.8) is 0 Å². The number of hydrogen-bond donors (Lipinski definition) is 1. The van der Waals surface area contributed by atoms with Gasteiger partial charge < -0.3 is 14.8 Å². The van der Waals surface area contributed by atoms with Crippen LogP contribution in [0.25, 0.3) is 0 Å². The molecule has 1 aliphatic rings. The molecule has 1 aliphatic heterocycles. The van der Waals surface area contributed by atoms with Crippen LogP contribution in [0.5, 0.6) is 5.75 Å². The van der Waals surface area contributed by atoms with Gasteiger partial charge in [-0.2, -0.15) is 0 Å². The lowest BCUT2D eigenvalue weighted by atomic mass is 10.0. The highest BCUT2D eigenvalue weighted by atomic mass is 16.5. The van der Waals surface area contributed by atoms with Crippen LogP contribution in [0.4, 0.5) is 0 Å². The third-order valence-electron chi connectivity index (χ3n) is 3.03. The van der Waals surface area contributed by atoms with Crippen LogP contribution in [0.2, 0.25) is 0 Å². The van der Waals surface area contributed by atoms with Gasteiger partial charge >= 0.3 is 5.97 Å². The Morgan fingerprint density at radius 1 is 1.50 bits per heavy atom. The molecule has 0 aliphatic carbocycles. The van der Waals surface area contributed by atoms with Gasteiger partial charge in [0.2, 0.25) is 0 Å². The smallest absolute Gasteiger partial charge is 0.338 e. The second-order valence-electron chi connectivity index (χ2n) is 4.53. The van der Waals surface area contributed by atoms with E-state index in [0.29, 0.717) is 12.2 Å². The van der Waals surface area contributed by atoms with Crippen molar-refractivity contribution in [3.05, 3.63) is 29.3 Å². The Hall–Kier alpha value is -1.55. The molecule has 1 heterocycles. The number of hydrogen-bond acceptors (Lipinski definition) is 4. The van der Waals surface area contributed by atoms with Crippen LogP contribution >= 0.6 is 0 Å². The van der Waals surface area contributed by atoms with Crippen molar-refractivity contribution in [3.8, 4) is 5.75 Å². The fraction of sp³-hybridized carbons (Fsp3) is 0.500. The Balaban J connectivity index is 2.32. The van der Waals surface area contributed by atoms with Gasteiger partial charge in [0.15, 0.2) is 0 Å². The molecule has 0 fully saturated rings. The number of benzene rings is 1. The fourth-order valence-electron chi connectivity index (χ4n) is 2.05. The number of ether oxygens (including phenoxy) is 2. The molecule has 1 aromatic carbocycles. The molecule has 0 aromatic heterocycles. The quantitative estimate of drug-likeness (QED) is 0.817. The summed E-state index contributed by atoms with van der Waals surface area (Å²) >= 11 is 0. The minimum atomic E-state index is -0.304. The zero-order valence-corrected chi connectivity index (χ0v) is 11.0. The average Bonchev–Trinajstić information content (AvgIpc) is 2.49. The van der Waals surface area contributed by atoms with Crippen LogP contribution in [0.3, 0.4) is 0 Å². The van der Waals surface area contributed by atoms with Crippen LogP contribution in [-0.4, -0.2) is 25.2 Å². The summed E-state index contributed by atoms with van der Waals surface area (Å²) in [6.45, 7) is 7.07. The van der Waals surface area contributed by atoms with Crippen molar-refractivity contribution in [1.29, 1.82) is 0 Å². The Bertz CT molecular complexity index is 445. The predicted octanol–water partition coefficient (Wildman–Crippen LogP) is 2.29. The maximum absolute atomic E-state index is 11.7. The van der Waals surface area contributed by atoms with Gasteiger partial charge in [-0.25, -0.2) is 4.79 Å². The molecule has 0 saturated heterocycles. The first-order chi connectivity index (χ1) is 8.61. The van der Waals surface area contributed by atoms with E-state index in [0.717, 1.165) is 17.9 Å². The van der Waals surface area contributed by atoms with Crippen molar-refractivity contribution in [2.75, 3.05) is 13.2 Å². The second-order valence-corrected chi connectivity index (χ2v) is 4.53. The van der Waals surface area contributed by atoms with E-state index in [4.69, 9.17) is 9.47 Å². The summed E-state index contributed by atoms with van der Waals surface area (Å²) in [7, 11) is 0. The summed E-state index contributed by atoms with van der Waals surface area (Å²) in [6, 6.07) is 5.71. The summed E-state index contributed by atoms with van der Waals surface area (Å²) in [5.74, 6) is 0.465. The molecule has 2 unspecified atom stereocenters. The lowest BCUT2D eigenvalue weighted by molar-refractivity contribution is 0.0525. The molecule has 0 bridgehead atoms. The topological polar surface area (TPSA) is 47.6 Å². The minimum absolute atomic E-state index is 0.0890. The molecule has 1 N–H and O–H groups in total. The normalized spacial score (nSPS) is 22.6. The molecule has 2 rings (SSSR count). The SMILES string of the molecule is CCOC(=O)c1ccc2c(c1)OC(C)CNC2C. The van der Waals surface area contributed by atoms with Crippen molar-refractivity contribution < 1.29 is 14.3 Å². The second kappa shape index (κ2) is 5.40. The van der Waals surface area contributed by atoms with Crippen molar-refractivity contribution in [2.24, 2.45) is 0 Å². The van der Waals surface area contributed by atoms with Gasteiger partial charge in [-0.1, -0.05) is 6.07 Å². The van der Waals surface area contributed by atoms with Crippen molar-refractivity contribution in [2.45, 2.75) is 32.9 Å². The zero-order valence-electron chi connectivity index (χ0n) is 11.0. The van der Waals surface area contributed by atoms with Gasteiger partial charge in [-0.05, 0) is 32.9 Å². The third kappa shape index (κ3) is 2.64. The lowest BCUT2D eigenvalue weighted by Gasteiger charge is -2.14. The average molecular weight is 249 g/mol. The van der Waals surface area contributed by atoms with Crippen LogP contribution in [0.15, 0.2) is 18.2 Å². The maximum atomic E-state index is 11.7. The van der Waals surface area contributed by atoms with Crippen LogP contribution < -0.4 is 10.1 Å². The Kier molecular flexibility index (Phi) is 3.87. The van der Waals surface area contributed by atoms with E-state index in [-0.39, 0.29) is 18.1 Å². The van der Waals surface area contributed by atoms with Crippen LogP contribution in [-0.2, 0) is 4.74 Å². The van der Waals surface area contributed by atoms with E-state index in [1.165, 1.54) is 0 Å². The fourth-order valence-corrected chi connectivity index (χ4v) is 2.05. The number of esters is 1. The summed E-state index contributed by atoms with van der Waals surface area (Å²) in [5, 5.41) is 3.38. The van der Waals surface area contributed by atoms with Gasteiger partial charge in [0.1, 0.15) is 11.9 Å². The predicted molar refractivity (Wildman–Crippen MR) is 68.9 cm³/mol. The first kappa shape index (κ1) is 12.9. The Morgan fingerprint density at radius 3 is 3.00 bits per heavy atom. The molecule has 2 atom stereocenters. The van der Waals surface area contributed by atoms with Crippen molar-refractivity contribution >= 4 is 5.97 Å². The Morgan fingerprint density at radius 2 is 2.28 bits per heavy atom. The number of nitrogens with one attached hydrogen (secondary N) is 1. The molecule has 4 nitrogen and oxygen atoms in total. The van der Waals surface area contributed by atoms with Crippen LogP contribution in [0, 0.1) is 0 Å². The first-order valence-corrected chi connectivity index (χ1v) is 6.33. The van der Waals surface area contributed by atoms with Gasteiger partial charge in [-0.3, -0.25) is 0 Å². The van der Waals surface area contributed by atoms with Crippen molar-refractivity contribution in [1.82, 2.24) is 5.32 Å². The zero-order chi connectivity index (χ0) is 13.1. The molecule has 0 amide bonds. The molecule has 18 heavy (non-hydrogen) atoms. The van der Waals surface area contributed by atoms with E-state index < -0.39 is 0 Å². The third-order valence-corrected chi connectivity index (χ3v) is 3.03. The number of rotatable bonds is 2. The molecule has 0 spiro atoms. The molecule has 0 saturated carbocycles. The molecule has 4 heteroatoms. The maximum Gasteiger partial charge on any atom is 0.338 e. The monoisotopic (exact) mass is 249 g/mol. The number of carbonyl (C=O) groups excluding carboxylic acids is 1. The van der Waals surface area contributed by atoms with E-state index in [1.54, 1.807) is 19.1 Å². The summed E-state index contributed by atoms with van der Waals surface area (Å²) in [5.41, 5.74) is 1.62. The van der Waals surface area contributed by atoms with Crippen LogP contribution in [0.1, 0.15) is 42.7 Å². The molecule has 0 radical (unpaired) electrons. The highest BCUT2D eigenvalue weighted by Crippen LogP contribution is 2.29. The highest BCUT2D eigenvalue weighted by molar-refractivity contribution is 5.90.